The summed E-state index contributed by atoms with van der Waals surface area (Å²) in [5, 5.41) is 0.365. The molecule has 3 N–H and O–H groups in total. The summed E-state index contributed by atoms with van der Waals surface area (Å²) in [5.41, 5.74) is 8.63. The van der Waals surface area contributed by atoms with Crippen LogP contribution in [-0.2, 0) is 4.84 Å². The van der Waals surface area contributed by atoms with Gasteiger partial charge in [0.2, 0.25) is 0 Å². The lowest BCUT2D eigenvalue weighted by atomic mass is 10.4. The summed E-state index contributed by atoms with van der Waals surface area (Å²) in [5.74, 6) is 0.319. The van der Waals surface area contributed by atoms with Gasteiger partial charge in [0.05, 0.1) is 7.11 Å². The molecule has 1 heterocycles. The Morgan fingerprint density at radius 3 is 2.91 bits per heavy atom. The third-order valence-corrected chi connectivity index (χ3v) is 1.31. The van der Waals surface area contributed by atoms with E-state index in [-0.39, 0.29) is 0 Å². The average molecular weight is 174 g/mol. The number of nitrogen functional groups attached to an aromatic ring is 1. The smallest absolute Gasteiger partial charge is 0.150 e. The Labute approximate surface area is 69.3 Å². The fourth-order valence-electron chi connectivity index (χ4n) is 0.646. The van der Waals surface area contributed by atoms with Crippen molar-refractivity contribution in [1.29, 1.82) is 0 Å². The average Bonchev–Trinajstić information content (AvgIpc) is 1.95. The van der Waals surface area contributed by atoms with Crippen molar-refractivity contribution in [3.05, 3.63) is 17.3 Å². The monoisotopic (exact) mass is 173 g/mol. The molecule has 0 radical (unpaired) electrons. The van der Waals surface area contributed by atoms with Crippen molar-refractivity contribution in [2.45, 2.75) is 0 Å². The normalized spacial score (nSPS) is 9.64. The molecule has 0 fully saturated rings. The molecule has 1 aromatic heterocycles. The van der Waals surface area contributed by atoms with Crippen LogP contribution in [0.15, 0.2) is 12.1 Å². The van der Waals surface area contributed by atoms with Gasteiger partial charge in [-0.2, -0.15) is 0 Å². The number of pyridine rings is 1. The Hall–Kier alpha value is -1.00. The number of nitrogens with one attached hydrogen (secondary N) is 1. The van der Waals surface area contributed by atoms with Crippen molar-refractivity contribution in [2.75, 3.05) is 18.3 Å². The number of hydrogen-bond donors (Lipinski definition) is 2. The maximum atomic E-state index is 5.56. The van der Waals surface area contributed by atoms with Crippen LogP contribution in [0.5, 0.6) is 0 Å². The van der Waals surface area contributed by atoms with Crippen LogP contribution >= 0.6 is 11.6 Å². The van der Waals surface area contributed by atoms with Crippen molar-refractivity contribution in [1.82, 2.24) is 4.98 Å². The van der Waals surface area contributed by atoms with Gasteiger partial charge < -0.3 is 5.73 Å². The van der Waals surface area contributed by atoms with E-state index in [4.69, 9.17) is 17.3 Å². The summed E-state index contributed by atoms with van der Waals surface area (Å²) in [4.78, 5) is 8.43. The number of aromatic nitrogens is 1. The summed E-state index contributed by atoms with van der Waals surface area (Å²) >= 11 is 5.56. The fourth-order valence-corrected chi connectivity index (χ4v) is 0.800. The number of anilines is 2. The minimum atomic E-state index is 0.319. The van der Waals surface area contributed by atoms with Crippen LogP contribution in [0.25, 0.3) is 0 Å². The molecule has 0 saturated heterocycles. The second-order valence-corrected chi connectivity index (χ2v) is 2.26. The first kappa shape index (κ1) is 8.10. The van der Waals surface area contributed by atoms with Crippen LogP contribution in [0.1, 0.15) is 0 Å². The van der Waals surface area contributed by atoms with Gasteiger partial charge in [-0.1, -0.05) is 11.6 Å². The Bertz CT molecular complexity index is 254. The molecule has 0 saturated carbocycles. The summed E-state index contributed by atoms with van der Waals surface area (Å²) < 4.78 is 0. The van der Waals surface area contributed by atoms with Crippen molar-refractivity contribution in [3.63, 3.8) is 0 Å². The first-order valence-corrected chi connectivity index (χ1v) is 3.33. The van der Waals surface area contributed by atoms with Gasteiger partial charge in [0.15, 0.2) is 5.82 Å². The van der Waals surface area contributed by atoms with Crippen molar-refractivity contribution in [2.24, 2.45) is 0 Å². The van der Waals surface area contributed by atoms with Gasteiger partial charge in [-0.25, -0.2) is 4.98 Å². The van der Waals surface area contributed by atoms with E-state index in [1.54, 1.807) is 12.1 Å². The molecule has 11 heavy (non-hydrogen) atoms. The molecule has 5 heteroatoms. The number of nitrogens with two attached hydrogens (primary N) is 1. The Kier molecular flexibility index (Phi) is 2.51. The fraction of sp³-hybridized carbons (Fsp3) is 0.167. The lowest BCUT2D eigenvalue weighted by Gasteiger charge is -2.04. The molecule has 1 aromatic rings. The minimum absolute atomic E-state index is 0.319. The molecule has 4 nitrogen and oxygen atoms in total. The van der Waals surface area contributed by atoms with Gasteiger partial charge in [0.25, 0.3) is 0 Å². The SMILES string of the molecule is CONc1ccc(Cl)nc1N. The second-order valence-electron chi connectivity index (χ2n) is 1.87. The summed E-state index contributed by atoms with van der Waals surface area (Å²) in [6, 6.07) is 3.31. The Morgan fingerprint density at radius 1 is 1.64 bits per heavy atom. The van der Waals surface area contributed by atoms with E-state index in [9.17, 15) is 0 Å². The third kappa shape index (κ3) is 1.96. The van der Waals surface area contributed by atoms with E-state index in [0.717, 1.165) is 0 Å². The largest absolute Gasteiger partial charge is 0.382 e. The van der Waals surface area contributed by atoms with E-state index >= 15 is 0 Å². The highest BCUT2D eigenvalue weighted by Gasteiger charge is 1.98. The molecule has 1 rings (SSSR count). The van der Waals surface area contributed by atoms with E-state index in [1.807, 2.05) is 0 Å². The maximum Gasteiger partial charge on any atom is 0.150 e. The number of hydrogen-bond acceptors (Lipinski definition) is 4. The highest BCUT2D eigenvalue weighted by atomic mass is 35.5. The van der Waals surface area contributed by atoms with E-state index in [0.29, 0.717) is 16.7 Å². The minimum Gasteiger partial charge on any atom is -0.382 e. The molecule has 0 unspecified atom stereocenters. The van der Waals surface area contributed by atoms with Crippen LogP contribution in [0.3, 0.4) is 0 Å². The van der Waals surface area contributed by atoms with Crippen molar-refractivity contribution >= 4 is 23.1 Å². The number of halogens is 1. The van der Waals surface area contributed by atoms with E-state index in [1.165, 1.54) is 7.11 Å². The molecule has 0 amide bonds. The summed E-state index contributed by atoms with van der Waals surface area (Å²) in [6.07, 6.45) is 0. The zero-order valence-electron chi connectivity index (χ0n) is 5.97. The molecule has 60 valence electrons. The lowest BCUT2D eigenvalue weighted by Crippen LogP contribution is -2.01. The highest BCUT2D eigenvalue weighted by Crippen LogP contribution is 2.17. The van der Waals surface area contributed by atoms with Crippen LogP contribution in [0.2, 0.25) is 5.15 Å². The third-order valence-electron chi connectivity index (χ3n) is 1.10. The van der Waals surface area contributed by atoms with Gasteiger partial charge in [-0.05, 0) is 12.1 Å². The van der Waals surface area contributed by atoms with Crippen molar-refractivity contribution < 1.29 is 4.84 Å². The molecule has 0 aromatic carbocycles. The van der Waals surface area contributed by atoms with Crippen LogP contribution in [0.4, 0.5) is 11.5 Å². The highest BCUT2D eigenvalue weighted by molar-refractivity contribution is 6.29. The Balaban J connectivity index is 2.90. The summed E-state index contributed by atoms with van der Waals surface area (Å²) in [7, 11) is 1.49. The van der Waals surface area contributed by atoms with Crippen LogP contribution in [0, 0.1) is 0 Å². The van der Waals surface area contributed by atoms with Gasteiger partial charge in [-0.3, -0.25) is 10.3 Å². The molecule has 0 aliphatic carbocycles. The predicted octanol–water partition coefficient (Wildman–Crippen LogP) is 1.29. The molecular formula is C6H8ClN3O. The number of rotatable bonds is 2. The van der Waals surface area contributed by atoms with Crippen LogP contribution < -0.4 is 11.2 Å². The van der Waals surface area contributed by atoms with Gasteiger partial charge in [-0.15, -0.1) is 0 Å². The van der Waals surface area contributed by atoms with Gasteiger partial charge >= 0.3 is 0 Å². The maximum absolute atomic E-state index is 5.56. The molecule has 0 bridgehead atoms. The van der Waals surface area contributed by atoms with E-state index < -0.39 is 0 Å². The van der Waals surface area contributed by atoms with Crippen LogP contribution in [-0.4, -0.2) is 12.1 Å². The Morgan fingerprint density at radius 2 is 2.36 bits per heavy atom. The quantitative estimate of drug-likeness (QED) is 0.523. The zero-order valence-corrected chi connectivity index (χ0v) is 6.72. The van der Waals surface area contributed by atoms with Gasteiger partial charge in [0.1, 0.15) is 10.8 Å². The first-order valence-electron chi connectivity index (χ1n) is 2.95. The molecule has 0 spiro atoms. The topological polar surface area (TPSA) is 60.2 Å². The predicted molar refractivity (Wildman–Crippen MR) is 44.3 cm³/mol. The zero-order chi connectivity index (χ0) is 8.27. The molecule has 0 atom stereocenters. The van der Waals surface area contributed by atoms with Gasteiger partial charge in [0, 0.05) is 0 Å². The molecule has 0 aliphatic heterocycles. The number of nitrogens with zero attached hydrogens (tertiary/aromatic N) is 1. The lowest BCUT2D eigenvalue weighted by molar-refractivity contribution is 0.271. The van der Waals surface area contributed by atoms with E-state index in [2.05, 4.69) is 15.3 Å². The standard InChI is InChI=1S/C6H8ClN3O/c1-11-10-4-2-3-5(7)9-6(4)8/h2-3,10H,1H3,(H2,8,9). The summed E-state index contributed by atoms with van der Waals surface area (Å²) in [6.45, 7) is 0. The van der Waals surface area contributed by atoms with Crippen molar-refractivity contribution in [3.8, 4) is 0 Å². The second kappa shape index (κ2) is 3.41. The molecule has 0 aliphatic rings. The first-order chi connectivity index (χ1) is 5.24. The molecular weight excluding hydrogens is 166 g/mol.